The molecule has 2 aromatic rings. The summed E-state index contributed by atoms with van der Waals surface area (Å²) in [6.07, 6.45) is 0. The average Bonchev–Trinajstić information content (AvgIpc) is 2.43. The van der Waals surface area contributed by atoms with Crippen LogP contribution in [-0.4, -0.2) is 6.54 Å². The Labute approximate surface area is 141 Å². The molecule has 0 radical (unpaired) electrons. The van der Waals surface area contributed by atoms with Gasteiger partial charge in [-0.15, -0.1) is 0 Å². The van der Waals surface area contributed by atoms with Crippen molar-refractivity contribution >= 4 is 34.2 Å². The summed E-state index contributed by atoms with van der Waals surface area (Å²) < 4.78 is 29.1. The zero-order valence-corrected chi connectivity index (χ0v) is 14.6. The Balaban J connectivity index is 2.58. The molecule has 1 atom stereocenters. The third kappa shape index (κ3) is 3.73. The summed E-state index contributed by atoms with van der Waals surface area (Å²) in [6, 6.07) is 7.48. The first-order valence-electron chi connectivity index (χ1n) is 6.58. The Kier molecular flexibility index (Phi) is 5.57. The lowest BCUT2D eigenvalue weighted by Crippen LogP contribution is -2.24. The lowest BCUT2D eigenvalue weighted by Gasteiger charge is -2.21. The van der Waals surface area contributed by atoms with Gasteiger partial charge in [-0.1, -0.05) is 18.5 Å². The lowest BCUT2D eigenvalue weighted by molar-refractivity contribution is 0.540. The van der Waals surface area contributed by atoms with E-state index in [4.69, 9.17) is 11.6 Å². The number of nitrogens with one attached hydrogen (secondary N) is 1. The molecule has 5 heteroatoms. The number of halogens is 4. The maximum Gasteiger partial charge on any atom is 0.128 e. The first-order chi connectivity index (χ1) is 9.93. The SMILES string of the molecule is CCNC(c1cc(F)c(C)cc1F)c1cc(Cl)ccc1I. The quantitative estimate of drug-likeness (QED) is 0.667. The predicted molar refractivity (Wildman–Crippen MR) is 90.8 cm³/mol. The van der Waals surface area contributed by atoms with Crippen molar-refractivity contribution in [3.63, 3.8) is 0 Å². The Bertz CT molecular complexity index is 661. The van der Waals surface area contributed by atoms with Gasteiger partial charge in [0.1, 0.15) is 11.6 Å². The molecule has 0 saturated heterocycles. The molecule has 0 amide bonds. The van der Waals surface area contributed by atoms with Crippen LogP contribution in [-0.2, 0) is 0 Å². The van der Waals surface area contributed by atoms with Gasteiger partial charge in [0.05, 0.1) is 6.04 Å². The highest BCUT2D eigenvalue weighted by Gasteiger charge is 2.21. The molecule has 2 aromatic carbocycles. The van der Waals surface area contributed by atoms with Crippen LogP contribution in [0.1, 0.15) is 29.7 Å². The van der Waals surface area contributed by atoms with Crippen LogP contribution in [0.15, 0.2) is 30.3 Å². The van der Waals surface area contributed by atoms with Gasteiger partial charge >= 0.3 is 0 Å². The van der Waals surface area contributed by atoms with Crippen molar-refractivity contribution in [2.45, 2.75) is 19.9 Å². The Morgan fingerprint density at radius 3 is 2.52 bits per heavy atom. The van der Waals surface area contributed by atoms with Gasteiger partial charge in [-0.05, 0) is 77.5 Å². The van der Waals surface area contributed by atoms with Crippen molar-refractivity contribution in [1.82, 2.24) is 5.32 Å². The molecule has 0 heterocycles. The maximum absolute atomic E-state index is 14.3. The maximum atomic E-state index is 14.3. The van der Waals surface area contributed by atoms with Crippen LogP contribution in [0, 0.1) is 22.1 Å². The summed E-state index contributed by atoms with van der Waals surface area (Å²) in [6.45, 7) is 4.10. The van der Waals surface area contributed by atoms with E-state index < -0.39 is 17.7 Å². The van der Waals surface area contributed by atoms with Crippen LogP contribution in [0.4, 0.5) is 8.78 Å². The summed E-state index contributed by atoms with van der Waals surface area (Å²) >= 11 is 8.22. The molecule has 1 unspecified atom stereocenters. The molecule has 0 aliphatic rings. The molecule has 0 fully saturated rings. The van der Waals surface area contributed by atoms with Crippen LogP contribution in [0.3, 0.4) is 0 Å². The fourth-order valence-corrected chi connectivity index (χ4v) is 3.04. The standard InChI is InChI=1S/C16H15ClF2IN/c1-3-21-16(12-7-10(17)4-5-15(12)20)11-8-13(18)9(2)6-14(11)19/h4-8,16,21H,3H2,1-2H3. The predicted octanol–water partition coefficient (Wildman–Crippen LogP) is 5.23. The van der Waals surface area contributed by atoms with Gasteiger partial charge in [0, 0.05) is 14.2 Å². The van der Waals surface area contributed by atoms with Crippen LogP contribution < -0.4 is 5.32 Å². The first-order valence-corrected chi connectivity index (χ1v) is 8.03. The van der Waals surface area contributed by atoms with E-state index in [-0.39, 0.29) is 0 Å². The normalized spacial score (nSPS) is 12.5. The highest BCUT2D eigenvalue weighted by molar-refractivity contribution is 14.1. The summed E-state index contributed by atoms with van der Waals surface area (Å²) in [7, 11) is 0. The molecule has 0 aromatic heterocycles. The number of rotatable bonds is 4. The van der Waals surface area contributed by atoms with Gasteiger partial charge in [-0.25, -0.2) is 8.78 Å². The molecule has 112 valence electrons. The molecule has 0 aliphatic heterocycles. The van der Waals surface area contributed by atoms with Gasteiger partial charge in [0.15, 0.2) is 0 Å². The number of hydrogen-bond donors (Lipinski definition) is 1. The lowest BCUT2D eigenvalue weighted by atomic mass is 9.97. The van der Waals surface area contributed by atoms with Crippen molar-refractivity contribution < 1.29 is 8.78 Å². The second-order valence-corrected chi connectivity index (χ2v) is 6.38. The Hall–Kier alpha value is -0.720. The fourth-order valence-electron chi connectivity index (χ4n) is 2.21. The minimum Gasteiger partial charge on any atom is -0.306 e. The third-order valence-electron chi connectivity index (χ3n) is 3.27. The van der Waals surface area contributed by atoms with E-state index in [0.29, 0.717) is 22.7 Å². The molecule has 0 saturated carbocycles. The van der Waals surface area contributed by atoms with E-state index in [9.17, 15) is 8.78 Å². The van der Waals surface area contributed by atoms with Gasteiger partial charge in [0.2, 0.25) is 0 Å². The van der Waals surface area contributed by atoms with Gasteiger partial charge in [-0.3, -0.25) is 0 Å². The van der Waals surface area contributed by atoms with E-state index >= 15 is 0 Å². The number of aryl methyl sites for hydroxylation is 1. The second kappa shape index (κ2) is 7.03. The van der Waals surface area contributed by atoms with E-state index in [1.54, 1.807) is 19.1 Å². The average molecular weight is 422 g/mol. The van der Waals surface area contributed by atoms with Crippen LogP contribution in [0.2, 0.25) is 5.02 Å². The number of benzene rings is 2. The van der Waals surface area contributed by atoms with Crippen molar-refractivity contribution in [2.75, 3.05) is 6.54 Å². The molecular weight excluding hydrogens is 407 g/mol. The van der Waals surface area contributed by atoms with Crippen molar-refractivity contribution in [3.05, 3.63) is 67.2 Å². The second-order valence-electron chi connectivity index (χ2n) is 4.78. The van der Waals surface area contributed by atoms with Gasteiger partial charge < -0.3 is 5.32 Å². The van der Waals surface area contributed by atoms with Gasteiger partial charge in [-0.2, -0.15) is 0 Å². The zero-order chi connectivity index (χ0) is 15.6. The highest BCUT2D eigenvalue weighted by atomic mass is 127. The van der Waals surface area contributed by atoms with Gasteiger partial charge in [0.25, 0.3) is 0 Å². The Morgan fingerprint density at radius 1 is 1.14 bits per heavy atom. The fraction of sp³-hybridized carbons (Fsp3) is 0.250. The number of hydrogen-bond acceptors (Lipinski definition) is 1. The zero-order valence-electron chi connectivity index (χ0n) is 11.7. The molecular formula is C16H15ClF2IN. The minimum atomic E-state index is -0.435. The van der Waals surface area contributed by atoms with E-state index in [1.165, 1.54) is 12.1 Å². The first kappa shape index (κ1) is 16.6. The Morgan fingerprint density at radius 2 is 1.86 bits per heavy atom. The summed E-state index contributed by atoms with van der Waals surface area (Å²) in [5, 5.41) is 3.77. The van der Waals surface area contributed by atoms with E-state index in [1.807, 2.05) is 13.0 Å². The molecule has 0 bridgehead atoms. The molecule has 1 nitrogen and oxygen atoms in total. The van der Waals surface area contributed by atoms with Crippen LogP contribution in [0.5, 0.6) is 0 Å². The van der Waals surface area contributed by atoms with E-state index in [2.05, 4.69) is 27.9 Å². The smallest absolute Gasteiger partial charge is 0.128 e. The largest absolute Gasteiger partial charge is 0.306 e. The molecule has 2 rings (SSSR count). The molecule has 21 heavy (non-hydrogen) atoms. The van der Waals surface area contributed by atoms with Crippen LogP contribution >= 0.6 is 34.2 Å². The topological polar surface area (TPSA) is 12.0 Å². The molecule has 0 aliphatic carbocycles. The monoisotopic (exact) mass is 421 g/mol. The molecule has 0 spiro atoms. The van der Waals surface area contributed by atoms with Crippen molar-refractivity contribution in [3.8, 4) is 0 Å². The summed E-state index contributed by atoms with van der Waals surface area (Å²) in [4.78, 5) is 0. The molecule has 1 N–H and O–H groups in total. The highest BCUT2D eigenvalue weighted by Crippen LogP contribution is 2.31. The minimum absolute atomic E-state index is 0.292. The third-order valence-corrected chi connectivity index (χ3v) is 4.48. The summed E-state index contributed by atoms with van der Waals surface area (Å²) in [5.41, 5.74) is 1.43. The summed E-state index contributed by atoms with van der Waals surface area (Å²) in [5.74, 6) is -0.832. The van der Waals surface area contributed by atoms with Crippen molar-refractivity contribution in [2.24, 2.45) is 0 Å². The van der Waals surface area contributed by atoms with Crippen molar-refractivity contribution in [1.29, 1.82) is 0 Å². The van der Waals surface area contributed by atoms with E-state index in [0.717, 1.165) is 9.13 Å². The van der Waals surface area contributed by atoms with Crippen LogP contribution in [0.25, 0.3) is 0 Å².